The Balaban J connectivity index is 2.25. The molecule has 0 radical (unpaired) electrons. The van der Waals surface area contributed by atoms with Crippen molar-refractivity contribution in [1.82, 2.24) is 10.2 Å². The van der Waals surface area contributed by atoms with E-state index in [9.17, 15) is 18.3 Å². The van der Waals surface area contributed by atoms with E-state index >= 15 is 0 Å². The summed E-state index contributed by atoms with van der Waals surface area (Å²) in [5, 5.41) is 16.8. The highest BCUT2D eigenvalue weighted by Gasteiger charge is 2.30. The first kappa shape index (κ1) is 13.5. The van der Waals surface area contributed by atoms with E-state index < -0.39 is 17.8 Å². The molecule has 0 aliphatic rings. The molecule has 19 heavy (non-hydrogen) atoms. The lowest BCUT2D eigenvalue weighted by atomic mass is 10.1. The summed E-state index contributed by atoms with van der Waals surface area (Å²) in [6.45, 7) is 1.74. The van der Waals surface area contributed by atoms with Crippen LogP contribution < -0.4 is 0 Å². The van der Waals surface area contributed by atoms with E-state index in [1.165, 1.54) is 12.1 Å². The third-order valence-corrected chi connectivity index (χ3v) is 2.57. The monoisotopic (exact) mass is 272 g/mol. The van der Waals surface area contributed by atoms with Crippen LogP contribution in [0, 0.1) is 0 Å². The summed E-state index contributed by atoms with van der Waals surface area (Å²) >= 11 is 0. The molecule has 0 spiro atoms. The number of hydrogen-bond donors (Lipinski definition) is 1. The van der Waals surface area contributed by atoms with Crippen LogP contribution >= 0.6 is 0 Å². The van der Waals surface area contributed by atoms with Crippen molar-refractivity contribution in [1.29, 1.82) is 0 Å². The van der Waals surface area contributed by atoms with E-state index in [1.807, 2.05) is 0 Å². The largest absolute Gasteiger partial charge is 0.418 e. The van der Waals surface area contributed by atoms with Crippen molar-refractivity contribution in [2.24, 2.45) is 0 Å². The maximum absolute atomic E-state index is 12.4. The van der Waals surface area contributed by atoms with Gasteiger partial charge in [-0.05, 0) is 30.7 Å². The number of hydrogen-bond acceptors (Lipinski definition) is 4. The van der Waals surface area contributed by atoms with Gasteiger partial charge in [-0.25, -0.2) is 0 Å². The third kappa shape index (κ3) is 2.93. The summed E-state index contributed by atoms with van der Waals surface area (Å²) in [5.74, 6) is 0.133. The molecule has 1 heterocycles. The molecule has 0 fully saturated rings. The average Bonchev–Trinajstić information content (AvgIpc) is 2.86. The molecule has 1 atom stereocenters. The SMILES string of the molecule is CCC(O)c1nnc(-c2ccc(C(F)(F)F)cc2)o1. The van der Waals surface area contributed by atoms with Crippen molar-refractivity contribution in [2.75, 3.05) is 0 Å². The van der Waals surface area contributed by atoms with E-state index in [4.69, 9.17) is 4.42 Å². The molecule has 7 heteroatoms. The molecular weight excluding hydrogens is 261 g/mol. The van der Waals surface area contributed by atoms with E-state index in [1.54, 1.807) is 6.92 Å². The predicted molar refractivity (Wildman–Crippen MR) is 60.0 cm³/mol. The first-order valence-electron chi connectivity index (χ1n) is 5.61. The second-order valence-electron chi connectivity index (χ2n) is 3.94. The van der Waals surface area contributed by atoms with Crippen LogP contribution in [0.4, 0.5) is 13.2 Å². The predicted octanol–water partition coefficient (Wildman–Crippen LogP) is 3.20. The molecular formula is C12H11F3N2O2. The molecule has 0 saturated heterocycles. The summed E-state index contributed by atoms with van der Waals surface area (Å²) in [5.41, 5.74) is -0.375. The van der Waals surface area contributed by atoms with Crippen molar-refractivity contribution in [2.45, 2.75) is 25.6 Å². The van der Waals surface area contributed by atoms with Gasteiger partial charge in [0.1, 0.15) is 6.10 Å². The smallest absolute Gasteiger partial charge is 0.416 e. The Morgan fingerprint density at radius 3 is 2.37 bits per heavy atom. The van der Waals surface area contributed by atoms with Crippen molar-refractivity contribution in [3.8, 4) is 11.5 Å². The highest BCUT2D eigenvalue weighted by molar-refractivity contribution is 5.53. The van der Waals surface area contributed by atoms with Crippen LogP contribution in [-0.2, 0) is 6.18 Å². The van der Waals surface area contributed by atoms with Crippen LogP contribution in [0.3, 0.4) is 0 Å². The maximum atomic E-state index is 12.4. The fourth-order valence-electron chi connectivity index (χ4n) is 1.46. The van der Waals surface area contributed by atoms with Crippen LogP contribution in [0.1, 0.15) is 30.9 Å². The summed E-state index contributed by atoms with van der Waals surface area (Å²) in [7, 11) is 0. The summed E-state index contributed by atoms with van der Waals surface area (Å²) < 4.78 is 42.4. The van der Waals surface area contributed by atoms with Crippen LogP contribution in [0.2, 0.25) is 0 Å². The molecule has 2 aromatic rings. The highest BCUT2D eigenvalue weighted by atomic mass is 19.4. The van der Waals surface area contributed by atoms with E-state index in [0.29, 0.717) is 12.0 Å². The third-order valence-electron chi connectivity index (χ3n) is 2.57. The number of nitrogens with zero attached hydrogens (tertiary/aromatic N) is 2. The molecule has 0 saturated carbocycles. The molecule has 1 aromatic heterocycles. The number of aliphatic hydroxyl groups excluding tert-OH is 1. The summed E-state index contributed by atoms with van der Waals surface area (Å²) in [4.78, 5) is 0. The average molecular weight is 272 g/mol. The van der Waals surface area contributed by atoms with Gasteiger partial charge in [-0.1, -0.05) is 6.92 Å². The lowest BCUT2D eigenvalue weighted by Crippen LogP contribution is -2.03. The van der Waals surface area contributed by atoms with Gasteiger partial charge in [-0.2, -0.15) is 13.2 Å². The van der Waals surface area contributed by atoms with Gasteiger partial charge in [0.2, 0.25) is 11.8 Å². The van der Waals surface area contributed by atoms with E-state index in [-0.39, 0.29) is 11.8 Å². The zero-order valence-electron chi connectivity index (χ0n) is 9.98. The molecule has 0 bridgehead atoms. The van der Waals surface area contributed by atoms with Gasteiger partial charge in [0.05, 0.1) is 5.56 Å². The van der Waals surface area contributed by atoms with Crippen LogP contribution in [0.15, 0.2) is 28.7 Å². The second kappa shape index (κ2) is 5.00. The summed E-state index contributed by atoms with van der Waals surface area (Å²) in [6, 6.07) is 4.38. The fourth-order valence-corrected chi connectivity index (χ4v) is 1.46. The number of benzene rings is 1. The van der Waals surface area contributed by atoms with Crippen molar-refractivity contribution in [3.63, 3.8) is 0 Å². The Hall–Kier alpha value is -1.89. The van der Waals surface area contributed by atoms with Gasteiger partial charge in [-0.3, -0.25) is 0 Å². The topological polar surface area (TPSA) is 59.2 Å². The zero-order chi connectivity index (χ0) is 14.0. The number of aromatic nitrogens is 2. The first-order valence-corrected chi connectivity index (χ1v) is 5.61. The minimum Gasteiger partial charge on any atom is -0.418 e. The Bertz CT molecular complexity index is 549. The van der Waals surface area contributed by atoms with Crippen LogP contribution in [0.25, 0.3) is 11.5 Å². The molecule has 4 nitrogen and oxygen atoms in total. The van der Waals surface area contributed by atoms with Gasteiger partial charge in [0, 0.05) is 5.56 Å². The van der Waals surface area contributed by atoms with Gasteiger partial charge < -0.3 is 9.52 Å². The Labute approximate surface area is 106 Å². The molecule has 0 amide bonds. The van der Waals surface area contributed by atoms with E-state index in [0.717, 1.165) is 12.1 Å². The number of rotatable bonds is 3. The molecule has 2 rings (SSSR count). The summed E-state index contributed by atoms with van der Waals surface area (Å²) in [6.07, 6.45) is -4.83. The minimum absolute atomic E-state index is 0.0531. The molecule has 1 N–H and O–H groups in total. The molecule has 102 valence electrons. The van der Waals surface area contributed by atoms with Gasteiger partial charge in [0.15, 0.2) is 0 Å². The van der Waals surface area contributed by atoms with Gasteiger partial charge in [0.25, 0.3) is 0 Å². The first-order chi connectivity index (χ1) is 8.91. The standard InChI is InChI=1S/C12H11F3N2O2/c1-2-9(18)11-17-16-10(19-11)7-3-5-8(6-4-7)12(13,14)15/h3-6,9,18H,2H2,1H3. The zero-order valence-corrected chi connectivity index (χ0v) is 9.98. The van der Waals surface area contributed by atoms with Crippen molar-refractivity contribution < 1.29 is 22.7 Å². The Morgan fingerprint density at radius 1 is 1.21 bits per heavy atom. The van der Waals surface area contributed by atoms with Crippen LogP contribution in [0.5, 0.6) is 0 Å². The maximum Gasteiger partial charge on any atom is 0.416 e. The minimum atomic E-state index is -4.38. The molecule has 0 aliphatic carbocycles. The number of halogens is 3. The van der Waals surface area contributed by atoms with Crippen molar-refractivity contribution >= 4 is 0 Å². The van der Waals surface area contributed by atoms with E-state index in [2.05, 4.69) is 10.2 Å². The van der Waals surface area contributed by atoms with Gasteiger partial charge >= 0.3 is 6.18 Å². The van der Waals surface area contributed by atoms with Gasteiger partial charge in [-0.15, -0.1) is 10.2 Å². The molecule has 0 aliphatic heterocycles. The number of aliphatic hydroxyl groups is 1. The second-order valence-corrected chi connectivity index (χ2v) is 3.94. The van der Waals surface area contributed by atoms with Crippen LogP contribution in [-0.4, -0.2) is 15.3 Å². The Morgan fingerprint density at radius 2 is 1.84 bits per heavy atom. The molecule has 1 aromatic carbocycles. The Kier molecular flexibility index (Phi) is 3.57. The fraction of sp³-hybridized carbons (Fsp3) is 0.333. The molecule has 1 unspecified atom stereocenters. The quantitative estimate of drug-likeness (QED) is 0.932. The lowest BCUT2D eigenvalue weighted by molar-refractivity contribution is -0.137. The lowest BCUT2D eigenvalue weighted by Gasteiger charge is -2.06. The normalized spacial score (nSPS) is 13.5. The number of alkyl halides is 3. The van der Waals surface area contributed by atoms with Crippen molar-refractivity contribution in [3.05, 3.63) is 35.7 Å². The highest BCUT2D eigenvalue weighted by Crippen LogP contribution is 2.31.